The number of piperazine rings is 1. The normalized spacial score (nSPS) is 14.0. The standard InChI is InChI=1S/C35H38FN7O2S3/c1-24(2)34-40-32(25-8-7-9-27(22-25)41-47-28-10-5-4-6-11-28)33(46-34)30-14-15-37-35(39-30)38-26-12-13-29(36)31(23-26)43-18-16-42(17-19-43)20-21-48(3,44)45/h4-15,22-24,41H,16-21H2,1-3H3,(H,37,38,39). The van der Waals surface area contributed by atoms with Gasteiger partial charge in [-0.2, -0.15) is 0 Å². The molecule has 6 rings (SSSR count). The Morgan fingerprint density at radius 1 is 0.938 bits per heavy atom. The molecule has 2 aromatic heterocycles. The van der Waals surface area contributed by atoms with Crippen molar-refractivity contribution in [1.82, 2.24) is 19.9 Å². The van der Waals surface area contributed by atoms with Crippen LogP contribution >= 0.6 is 23.3 Å². The lowest BCUT2D eigenvalue weighted by molar-refractivity contribution is 0.271. The van der Waals surface area contributed by atoms with Gasteiger partial charge in [0.25, 0.3) is 0 Å². The minimum Gasteiger partial charge on any atom is -0.367 e. The van der Waals surface area contributed by atoms with Crippen LogP contribution in [0.15, 0.2) is 90.0 Å². The van der Waals surface area contributed by atoms with E-state index in [9.17, 15) is 8.42 Å². The van der Waals surface area contributed by atoms with Gasteiger partial charge in [0.2, 0.25) is 5.95 Å². The predicted octanol–water partition coefficient (Wildman–Crippen LogP) is 7.56. The van der Waals surface area contributed by atoms with Crippen LogP contribution in [0, 0.1) is 5.82 Å². The van der Waals surface area contributed by atoms with Gasteiger partial charge in [-0.3, -0.25) is 4.90 Å². The number of hydrogen-bond acceptors (Lipinski definition) is 11. The van der Waals surface area contributed by atoms with Crippen LogP contribution in [0.1, 0.15) is 24.8 Å². The fourth-order valence-corrected chi connectivity index (χ4v) is 7.61. The molecule has 1 aliphatic heterocycles. The van der Waals surface area contributed by atoms with E-state index < -0.39 is 9.84 Å². The minimum atomic E-state index is -3.03. The first kappa shape index (κ1) is 33.8. The number of hydrogen-bond donors (Lipinski definition) is 2. The van der Waals surface area contributed by atoms with Crippen LogP contribution in [0.4, 0.5) is 27.4 Å². The maximum Gasteiger partial charge on any atom is 0.227 e. The van der Waals surface area contributed by atoms with Gasteiger partial charge in [0.1, 0.15) is 15.7 Å². The Hall–Kier alpha value is -4.04. The zero-order valence-corrected chi connectivity index (χ0v) is 29.5. The first-order valence-corrected chi connectivity index (χ1v) is 19.4. The van der Waals surface area contributed by atoms with Crippen molar-refractivity contribution in [1.29, 1.82) is 0 Å². The Morgan fingerprint density at radius 2 is 1.73 bits per heavy atom. The van der Waals surface area contributed by atoms with Crippen molar-refractivity contribution in [3.63, 3.8) is 0 Å². The van der Waals surface area contributed by atoms with Crippen LogP contribution in [0.25, 0.3) is 21.8 Å². The summed E-state index contributed by atoms with van der Waals surface area (Å²) in [7, 11) is -3.03. The van der Waals surface area contributed by atoms with Crippen LogP contribution in [-0.2, 0) is 9.84 Å². The Morgan fingerprint density at radius 3 is 2.48 bits per heavy atom. The van der Waals surface area contributed by atoms with Gasteiger partial charge >= 0.3 is 0 Å². The monoisotopic (exact) mass is 703 g/mol. The van der Waals surface area contributed by atoms with Gasteiger partial charge in [-0.05, 0) is 60.5 Å². The zero-order valence-electron chi connectivity index (χ0n) is 27.1. The molecule has 0 saturated carbocycles. The number of anilines is 4. The SMILES string of the molecule is CC(C)c1nc(-c2cccc(NSc3ccccc3)c2)c(-c2ccnc(Nc3ccc(F)c(N4CCN(CCS(C)(=O)=O)CC4)c3)n2)s1. The summed E-state index contributed by atoms with van der Waals surface area (Å²) < 4.78 is 41.6. The van der Waals surface area contributed by atoms with Crippen molar-refractivity contribution in [3.05, 3.63) is 95.9 Å². The third-order valence-electron chi connectivity index (χ3n) is 7.89. The van der Waals surface area contributed by atoms with Crippen LogP contribution in [-0.4, -0.2) is 73.0 Å². The topological polar surface area (TPSA) is 103 Å². The van der Waals surface area contributed by atoms with Gasteiger partial charge in [-0.1, -0.05) is 44.2 Å². The van der Waals surface area contributed by atoms with E-state index in [1.165, 1.54) is 12.3 Å². The number of halogens is 1. The lowest BCUT2D eigenvalue weighted by atomic mass is 10.1. The average molecular weight is 704 g/mol. The summed E-state index contributed by atoms with van der Waals surface area (Å²) in [5.41, 5.74) is 4.73. The number of sulfone groups is 1. The van der Waals surface area contributed by atoms with E-state index in [0.29, 0.717) is 50.0 Å². The first-order valence-electron chi connectivity index (χ1n) is 15.8. The third-order valence-corrected chi connectivity index (χ3v) is 11.0. The van der Waals surface area contributed by atoms with Gasteiger partial charge in [-0.15, -0.1) is 11.3 Å². The molecule has 5 aromatic rings. The van der Waals surface area contributed by atoms with E-state index in [0.717, 1.165) is 37.4 Å². The van der Waals surface area contributed by atoms with Crippen molar-refractivity contribution in [3.8, 4) is 21.8 Å². The summed E-state index contributed by atoms with van der Waals surface area (Å²) in [6, 6.07) is 25.2. The molecule has 3 aromatic carbocycles. The highest BCUT2D eigenvalue weighted by molar-refractivity contribution is 8.00. The van der Waals surface area contributed by atoms with Crippen LogP contribution in [0.3, 0.4) is 0 Å². The van der Waals surface area contributed by atoms with Gasteiger partial charge < -0.3 is 14.9 Å². The molecule has 1 fully saturated rings. The van der Waals surface area contributed by atoms with Crippen LogP contribution in [0.2, 0.25) is 0 Å². The highest BCUT2D eigenvalue weighted by Crippen LogP contribution is 2.39. The summed E-state index contributed by atoms with van der Waals surface area (Å²) in [5.74, 6) is 0.458. The summed E-state index contributed by atoms with van der Waals surface area (Å²) >= 11 is 3.19. The largest absolute Gasteiger partial charge is 0.367 e. The zero-order chi connectivity index (χ0) is 33.7. The molecule has 0 aliphatic carbocycles. The maximum absolute atomic E-state index is 15.0. The molecule has 3 heterocycles. The molecule has 0 atom stereocenters. The number of nitrogens with zero attached hydrogens (tertiary/aromatic N) is 5. The molecule has 1 saturated heterocycles. The Bertz CT molecular complexity index is 1960. The summed E-state index contributed by atoms with van der Waals surface area (Å²) in [6.07, 6.45) is 2.97. The second-order valence-electron chi connectivity index (χ2n) is 12.0. The number of thiazole rings is 1. The van der Waals surface area contributed by atoms with Crippen molar-refractivity contribution in [2.24, 2.45) is 0 Å². The Labute approximate surface area is 289 Å². The highest BCUT2D eigenvalue weighted by Gasteiger charge is 2.22. The molecule has 0 unspecified atom stereocenters. The lowest BCUT2D eigenvalue weighted by Gasteiger charge is -2.36. The first-order chi connectivity index (χ1) is 23.1. The molecule has 0 spiro atoms. The molecule has 0 bridgehead atoms. The van der Waals surface area contributed by atoms with Crippen molar-refractivity contribution >= 4 is 56.1 Å². The highest BCUT2D eigenvalue weighted by atomic mass is 32.2. The minimum absolute atomic E-state index is 0.124. The summed E-state index contributed by atoms with van der Waals surface area (Å²) in [6.45, 7) is 7.29. The molecule has 0 amide bonds. The number of aromatic nitrogens is 3. The average Bonchev–Trinajstić information content (AvgIpc) is 3.55. The summed E-state index contributed by atoms with van der Waals surface area (Å²) in [4.78, 5) is 20.6. The number of rotatable bonds is 12. The number of nitrogens with one attached hydrogen (secondary N) is 2. The Balaban J connectivity index is 1.20. The second-order valence-corrected chi connectivity index (χ2v) is 16.2. The molecule has 48 heavy (non-hydrogen) atoms. The predicted molar refractivity (Wildman–Crippen MR) is 197 cm³/mol. The van der Waals surface area contributed by atoms with Gasteiger partial charge in [0.15, 0.2) is 0 Å². The van der Waals surface area contributed by atoms with Crippen LogP contribution < -0.4 is 14.9 Å². The molecule has 0 radical (unpaired) electrons. The van der Waals surface area contributed by atoms with Crippen molar-refractivity contribution in [2.45, 2.75) is 24.7 Å². The molecular formula is C35H38FN7O2S3. The quantitative estimate of drug-likeness (QED) is 0.127. The fraction of sp³-hybridized carbons (Fsp3) is 0.286. The van der Waals surface area contributed by atoms with Gasteiger partial charge in [0, 0.05) is 72.9 Å². The molecule has 13 heteroatoms. The van der Waals surface area contributed by atoms with E-state index in [4.69, 9.17) is 9.97 Å². The van der Waals surface area contributed by atoms with Gasteiger partial charge in [0.05, 0.1) is 32.7 Å². The van der Waals surface area contributed by atoms with E-state index >= 15 is 4.39 Å². The van der Waals surface area contributed by atoms with Crippen molar-refractivity contribution in [2.75, 3.05) is 59.7 Å². The third kappa shape index (κ3) is 8.70. The summed E-state index contributed by atoms with van der Waals surface area (Å²) in [5, 5.41) is 4.29. The molecule has 9 nitrogen and oxygen atoms in total. The molecule has 1 aliphatic rings. The van der Waals surface area contributed by atoms with E-state index in [1.54, 1.807) is 41.6 Å². The van der Waals surface area contributed by atoms with Gasteiger partial charge in [-0.25, -0.2) is 27.8 Å². The lowest BCUT2D eigenvalue weighted by Crippen LogP contribution is -2.47. The number of benzene rings is 3. The smallest absolute Gasteiger partial charge is 0.227 e. The van der Waals surface area contributed by atoms with E-state index in [2.05, 4.69) is 58.0 Å². The molecule has 2 N–H and O–H groups in total. The second kappa shape index (κ2) is 15.0. The van der Waals surface area contributed by atoms with E-state index in [1.807, 2.05) is 41.3 Å². The van der Waals surface area contributed by atoms with Crippen molar-refractivity contribution < 1.29 is 12.8 Å². The van der Waals surface area contributed by atoms with E-state index in [-0.39, 0.29) is 17.5 Å². The molecule has 250 valence electrons. The molecular weight excluding hydrogens is 666 g/mol. The fourth-order valence-electron chi connectivity index (χ4n) is 5.30. The van der Waals surface area contributed by atoms with Crippen LogP contribution in [0.5, 0.6) is 0 Å². The Kier molecular flexibility index (Phi) is 10.6. The maximum atomic E-state index is 15.0.